The Morgan fingerprint density at radius 3 is 2.88 bits per heavy atom. The third-order valence-electron chi connectivity index (χ3n) is 7.61. The number of aromatic nitrogens is 1. The first-order chi connectivity index (χ1) is 12.0. The Kier molecular flexibility index (Phi) is 3.03. The molecule has 1 aromatic carbocycles. The predicted octanol–water partition coefficient (Wildman–Crippen LogP) is 2.88. The molecule has 5 heterocycles. The van der Waals surface area contributed by atoms with E-state index >= 15 is 0 Å². The lowest BCUT2D eigenvalue weighted by Gasteiger charge is -2.63. The van der Waals surface area contributed by atoms with Crippen LogP contribution in [-0.4, -0.2) is 45.5 Å². The van der Waals surface area contributed by atoms with Crippen molar-refractivity contribution in [1.29, 1.82) is 0 Å². The Balaban J connectivity index is 1.77. The van der Waals surface area contributed by atoms with Crippen molar-refractivity contribution in [1.82, 2.24) is 4.57 Å². The van der Waals surface area contributed by atoms with Crippen molar-refractivity contribution in [2.75, 3.05) is 20.2 Å². The molecule has 4 nitrogen and oxygen atoms in total. The molecule has 0 radical (unpaired) electrons. The lowest BCUT2D eigenvalue weighted by molar-refractivity contribution is -0.978. The SMILES string of the molecule is CC=C1C[N+]2(C)C3Cc4c(n(C)c5ccc(O)cc45)[C@H]2CC1C3CO. The molecular weight excluding hydrogens is 312 g/mol. The number of aliphatic hydroxyl groups excluding tert-OH is 1. The number of phenolic OH excluding ortho intramolecular Hbond substituents is 1. The van der Waals surface area contributed by atoms with Crippen LogP contribution in [0.3, 0.4) is 0 Å². The van der Waals surface area contributed by atoms with Crippen molar-refractivity contribution in [2.24, 2.45) is 18.9 Å². The van der Waals surface area contributed by atoms with Gasteiger partial charge >= 0.3 is 0 Å². The Hall–Kier alpha value is -1.78. The third-order valence-corrected chi connectivity index (χ3v) is 7.61. The number of likely N-dealkylation sites (N-methyl/N-ethyl adjacent to an activating group) is 1. The van der Waals surface area contributed by atoms with E-state index in [4.69, 9.17) is 0 Å². The molecule has 4 aliphatic rings. The van der Waals surface area contributed by atoms with Crippen LogP contribution >= 0.6 is 0 Å². The van der Waals surface area contributed by atoms with Crippen molar-refractivity contribution in [2.45, 2.75) is 31.8 Å². The molecule has 2 aromatic rings. The highest BCUT2D eigenvalue weighted by molar-refractivity contribution is 5.87. The van der Waals surface area contributed by atoms with Crippen LogP contribution in [0.1, 0.15) is 30.6 Å². The summed E-state index contributed by atoms with van der Waals surface area (Å²) in [7, 11) is 4.57. The van der Waals surface area contributed by atoms with E-state index < -0.39 is 0 Å². The number of nitrogens with zero attached hydrogens (tertiary/aromatic N) is 2. The first kappa shape index (κ1) is 15.5. The summed E-state index contributed by atoms with van der Waals surface area (Å²) in [5.41, 5.74) is 5.61. The highest BCUT2D eigenvalue weighted by Gasteiger charge is 2.61. The van der Waals surface area contributed by atoms with Gasteiger partial charge in [0.25, 0.3) is 0 Å². The van der Waals surface area contributed by atoms with Gasteiger partial charge in [-0.05, 0) is 36.3 Å². The molecule has 4 heteroatoms. The van der Waals surface area contributed by atoms with Gasteiger partial charge in [0, 0.05) is 42.6 Å². The second-order valence-corrected chi connectivity index (χ2v) is 8.47. The highest BCUT2D eigenvalue weighted by Crippen LogP contribution is 2.58. The quantitative estimate of drug-likeness (QED) is 0.620. The molecule has 6 rings (SSSR count). The number of piperidine rings is 3. The van der Waals surface area contributed by atoms with Crippen LogP contribution in [0.5, 0.6) is 5.75 Å². The molecule has 4 aliphatic heterocycles. The molecule has 0 spiro atoms. The summed E-state index contributed by atoms with van der Waals surface area (Å²) in [6.45, 7) is 3.54. The fraction of sp³-hybridized carbons (Fsp3) is 0.524. The number of aromatic hydroxyl groups is 1. The molecule has 3 saturated heterocycles. The van der Waals surface area contributed by atoms with E-state index in [1.54, 1.807) is 6.07 Å². The van der Waals surface area contributed by atoms with Crippen LogP contribution in [0.25, 0.3) is 10.9 Å². The van der Waals surface area contributed by atoms with Crippen molar-refractivity contribution < 1.29 is 14.7 Å². The maximum Gasteiger partial charge on any atom is 0.131 e. The van der Waals surface area contributed by atoms with Gasteiger partial charge in [-0.25, -0.2) is 0 Å². The maximum absolute atomic E-state index is 10.2. The smallest absolute Gasteiger partial charge is 0.131 e. The number of quaternary nitrogens is 1. The normalized spacial score (nSPS) is 37.7. The van der Waals surface area contributed by atoms with Gasteiger partial charge in [0.15, 0.2) is 0 Å². The summed E-state index contributed by atoms with van der Waals surface area (Å²) >= 11 is 0. The molecule has 0 amide bonds. The number of benzene rings is 1. The lowest BCUT2D eigenvalue weighted by Crippen LogP contribution is -2.70. The number of hydrogen-bond donors (Lipinski definition) is 2. The number of allylic oxidation sites excluding steroid dienone is 1. The van der Waals surface area contributed by atoms with Crippen molar-refractivity contribution in [3.05, 3.63) is 41.1 Å². The molecule has 3 fully saturated rings. The van der Waals surface area contributed by atoms with Gasteiger partial charge in [0.05, 0.1) is 25.4 Å². The van der Waals surface area contributed by atoms with Crippen LogP contribution in [0.15, 0.2) is 29.8 Å². The first-order valence-electron chi connectivity index (χ1n) is 9.40. The monoisotopic (exact) mass is 339 g/mol. The van der Waals surface area contributed by atoms with E-state index in [1.807, 2.05) is 12.1 Å². The topological polar surface area (TPSA) is 45.4 Å². The molecule has 0 aliphatic carbocycles. The molecule has 0 saturated carbocycles. The molecular formula is C21H27N2O2+. The Morgan fingerprint density at radius 2 is 2.16 bits per heavy atom. The van der Waals surface area contributed by atoms with E-state index in [0.717, 1.165) is 23.9 Å². The van der Waals surface area contributed by atoms with Crippen LogP contribution in [0.2, 0.25) is 0 Å². The molecule has 132 valence electrons. The van der Waals surface area contributed by atoms with E-state index in [9.17, 15) is 10.2 Å². The number of fused-ring (bicyclic) bond motifs is 4. The lowest BCUT2D eigenvalue weighted by atomic mass is 9.62. The average Bonchev–Trinajstić information content (AvgIpc) is 2.85. The second kappa shape index (κ2) is 4.89. The zero-order valence-electron chi connectivity index (χ0n) is 15.2. The number of phenols is 1. The standard InChI is InChI=1S/C21H26N2O2/c1-4-12-10-23(3)19-9-16-15-7-13(25)5-6-18(15)22(2)21(16)20(23)8-14(12)17(19)11-24/h4-7,14,17,19-20,24H,8-11H2,1-3H3/p+1/t14?,17?,19?,20-,23?/m1/s1. The fourth-order valence-electron chi connectivity index (χ4n) is 6.44. The average molecular weight is 339 g/mol. The van der Waals surface area contributed by atoms with Crippen LogP contribution in [0, 0.1) is 11.8 Å². The largest absolute Gasteiger partial charge is 0.508 e. The fourth-order valence-corrected chi connectivity index (χ4v) is 6.44. The minimum absolute atomic E-state index is 0.276. The second-order valence-electron chi connectivity index (χ2n) is 8.47. The molecule has 4 bridgehead atoms. The van der Waals surface area contributed by atoms with E-state index in [2.05, 4.69) is 31.7 Å². The molecule has 5 atom stereocenters. The van der Waals surface area contributed by atoms with Gasteiger partial charge in [0.1, 0.15) is 18.3 Å². The summed E-state index contributed by atoms with van der Waals surface area (Å²) in [4.78, 5) is 0. The molecule has 25 heavy (non-hydrogen) atoms. The van der Waals surface area contributed by atoms with Crippen LogP contribution in [0.4, 0.5) is 0 Å². The minimum Gasteiger partial charge on any atom is -0.508 e. The van der Waals surface area contributed by atoms with Crippen LogP contribution in [-0.2, 0) is 13.5 Å². The van der Waals surface area contributed by atoms with E-state index in [-0.39, 0.29) is 6.61 Å². The Morgan fingerprint density at radius 1 is 1.36 bits per heavy atom. The Labute approximate surface area is 148 Å². The van der Waals surface area contributed by atoms with Crippen molar-refractivity contribution >= 4 is 10.9 Å². The zero-order chi connectivity index (χ0) is 17.5. The minimum atomic E-state index is 0.276. The van der Waals surface area contributed by atoms with Gasteiger partial charge in [-0.15, -0.1) is 0 Å². The third kappa shape index (κ3) is 1.74. The van der Waals surface area contributed by atoms with Gasteiger partial charge in [-0.2, -0.15) is 0 Å². The summed E-state index contributed by atoms with van der Waals surface area (Å²) in [5, 5.41) is 21.4. The predicted molar refractivity (Wildman–Crippen MR) is 98.3 cm³/mol. The Bertz CT molecular complexity index is 912. The highest BCUT2D eigenvalue weighted by atomic mass is 16.3. The van der Waals surface area contributed by atoms with E-state index in [0.29, 0.717) is 29.7 Å². The van der Waals surface area contributed by atoms with Crippen molar-refractivity contribution in [3.8, 4) is 5.75 Å². The van der Waals surface area contributed by atoms with E-state index in [1.165, 1.54) is 27.7 Å². The van der Waals surface area contributed by atoms with Gasteiger partial charge < -0.3 is 19.3 Å². The number of aliphatic hydroxyl groups is 1. The van der Waals surface area contributed by atoms with Gasteiger partial charge in [-0.1, -0.05) is 6.08 Å². The van der Waals surface area contributed by atoms with Gasteiger partial charge in [0.2, 0.25) is 0 Å². The first-order valence-corrected chi connectivity index (χ1v) is 9.40. The zero-order valence-corrected chi connectivity index (χ0v) is 15.2. The number of aryl methyl sites for hydroxylation is 1. The van der Waals surface area contributed by atoms with Crippen LogP contribution < -0.4 is 0 Å². The maximum atomic E-state index is 10.2. The summed E-state index contributed by atoms with van der Waals surface area (Å²) in [6, 6.07) is 6.72. The summed E-state index contributed by atoms with van der Waals surface area (Å²) < 4.78 is 3.39. The molecule has 4 unspecified atom stereocenters. The van der Waals surface area contributed by atoms with Gasteiger partial charge in [-0.3, -0.25) is 0 Å². The summed E-state index contributed by atoms with van der Waals surface area (Å²) in [6.07, 6.45) is 4.42. The summed E-state index contributed by atoms with van der Waals surface area (Å²) in [5.74, 6) is 1.21. The molecule has 1 aromatic heterocycles. The van der Waals surface area contributed by atoms with Crippen molar-refractivity contribution in [3.63, 3.8) is 0 Å². The molecule has 2 N–H and O–H groups in total. The number of rotatable bonds is 1. The number of hydrogen-bond acceptors (Lipinski definition) is 2.